The van der Waals surface area contributed by atoms with Gasteiger partial charge >= 0.3 is 11.9 Å². The van der Waals surface area contributed by atoms with Gasteiger partial charge < -0.3 is 9.47 Å². The van der Waals surface area contributed by atoms with E-state index in [0.717, 1.165) is 6.42 Å². The molecule has 5 atom stereocenters. The van der Waals surface area contributed by atoms with Crippen molar-refractivity contribution in [3.63, 3.8) is 0 Å². The van der Waals surface area contributed by atoms with E-state index in [9.17, 15) is 9.59 Å². The average Bonchev–Trinajstić information content (AvgIpc) is 2.41. The van der Waals surface area contributed by atoms with Crippen molar-refractivity contribution in [1.29, 1.82) is 0 Å². The Bertz CT molecular complexity index is 391. The molecule has 0 aliphatic heterocycles. The molecule has 0 bridgehead atoms. The zero-order valence-electron chi connectivity index (χ0n) is 17.6. The van der Waals surface area contributed by atoms with E-state index in [1.54, 1.807) is 0 Å². The molecule has 0 heterocycles. The summed E-state index contributed by atoms with van der Waals surface area (Å²) in [7, 11) is 0. The third kappa shape index (κ3) is 11.2. The highest BCUT2D eigenvalue weighted by Gasteiger charge is 2.28. The SMILES string of the molecule is CCCC(C(C)CC(C)C)C(C)CC(CC(C)OC(C)=O)OC(C)=O. The number of esters is 2. The largest absolute Gasteiger partial charge is 0.463 e. The number of carbonyl (C=O) groups excluding carboxylic acids is 2. The van der Waals surface area contributed by atoms with Crippen LogP contribution in [0.3, 0.4) is 0 Å². The van der Waals surface area contributed by atoms with Crippen molar-refractivity contribution in [3.8, 4) is 0 Å². The first-order valence-corrected chi connectivity index (χ1v) is 9.91. The van der Waals surface area contributed by atoms with Gasteiger partial charge in [0.2, 0.25) is 0 Å². The molecular formula is C21H40O4. The zero-order valence-corrected chi connectivity index (χ0v) is 17.6. The summed E-state index contributed by atoms with van der Waals surface area (Å²) in [4.78, 5) is 22.6. The Morgan fingerprint density at radius 1 is 0.800 bits per heavy atom. The van der Waals surface area contributed by atoms with Gasteiger partial charge in [-0.15, -0.1) is 0 Å². The van der Waals surface area contributed by atoms with Crippen LogP contribution in [0.15, 0.2) is 0 Å². The minimum Gasteiger partial charge on any atom is -0.463 e. The minimum atomic E-state index is -0.295. The van der Waals surface area contributed by atoms with Crippen molar-refractivity contribution >= 4 is 11.9 Å². The first-order chi connectivity index (χ1) is 11.6. The molecule has 5 unspecified atom stereocenters. The lowest BCUT2D eigenvalue weighted by Gasteiger charge is -2.33. The Morgan fingerprint density at radius 2 is 1.32 bits per heavy atom. The van der Waals surface area contributed by atoms with Crippen molar-refractivity contribution < 1.29 is 19.1 Å². The maximum Gasteiger partial charge on any atom is 0.302 e. The average molecular weight is 357 g/mol. The molecule has 25 heavy (non-hydrogen) atoms. The summed E-state index contributed by atoms with van der Waals surface area (Å²) in [6, 6.07) is 0. The number of hydrogen-bond acceptors (Lipinski definition) is 4. The van der Waals surface area contributed by atoms with Crippen LogP contribution in [0, 0.1) is 23.7 Å². The number of hydrogen-bond donors (Lipinski definition) is 0. The van der Waals surface area contributed by atoms with E-state index in [-0.39, 0.29) is 24.1 Å². The van der Waals surface area contributed by atoms with Crippen LogP contribution in [0.25, 0.3) is 0 Å². The van der Waals surface area contributed by atoms with Crippen molar-refractivity contribution in [2.75, 3.05) is 0 Å². The Hall–Kier alpha value is -1.06. The highest BCUT2D eigenvalue weighted by atomic mass is 16.6. The summed E-state index contributed by atoms with van der Waals surface area (Å²) < 4.78 is 10.8. The van der Waals surface area contributed by atoms with Crippen LogP contribution < -0.4 is 0 Å². The molecule has 0 aliphatic carbocycles. The summed E-state index contributed by atoms with van der Waals surface area (Å²) in [5.41, 5.74) is 0. The van der Waals surface area contributed by atoms with Gasteiger partial charge in [-0.05, 0) is 43.4 Å². The first kappa shape index (κ1) is 23.9. The molecule has 4 heteroatoms. The van der Waals surface area contributed by atoms with Gasteiger partial charge in [0.05, 0.1) is 0 Å². The van der Waals surface area contributed by atoms with Gasteiger partial charge in [0.25, 0.3) is 0 Å². The molecule has 0 aromatic heterocycles. The summed E-state index contributed by atoms with van der Waals surface area (Å²) in [5, 5.41) is 0. The van der Waals surface area contributed by atoms with Crippen molar-refractivity contribution in [2.45, 2.75) is 99.7 Å². The molecule has 0 radical (unpaired) electrons. The summed E-state index contributed by atoms with van der Waals surface area (Å²) in [6.07, 6.45) is 4.51. The fraction of sp³-hybridized carbons (Fsp3) is 0.905. The van der Waals surface area contributed by atoms with Crippen LogP contribution in [-0.4, -0.2) is 24.1 Å². The highest BCUT2D eigenvalue weighted by molar-refractivity contribution is 5.66. The van der Waals surface area contributed by atoms with E-state index in [0.29, 0.717) is 30.1 Å². The normalized spacial score (nSPS) is 17.5. The molecule has 0 aliphatic rings. The second-order valence-electron chi connectivity index (χ2n) is 8.16. The molecule has 0 N–H and O–H groups in total. The van der Waals surface area contributed by atoms with E-state index >= 15 is 0 Å². The molecule has 0 fully saturated rings. The number of carbonyl (C=O) groups is 2. The third-order valence-electron chi connectivity index (χ3n) is 4.86. The second-order valence-corrected chi connectivity index (χ2v) is 8.16. The maximum absolute atomic E-state index is 11.5. The Balaban J connectivity index is 4.95. The van der Waals surface area contributed by atoms with Gasteiger partial charge in [-0.2, -0.15) is 0 Å². The molecule has 4 nitrogen and oxygen atoms in total. The van der Waals surface area contributed by atoms with E-state index in [4.69, 9.17) is 9.47 Å². The van der Waals surface area contributed by atoms with Crippen molar-refractivity contribution in [2.24, 2.45) is 23.7 Å². The summed E-state index contributed by atoms with van der Waals surface area (Å²) >= 11 is 0. The quantitative estimate of drug-likeness (QED) is 0.440. The van der Waals surface area contributed by atoms with E-state index in [1.165, 1.54) is 33.1 Å². The molecular weight excluding hydrogens is 316 g/mol. The predicted octanol–water partition coefficient (Wildman–Crippen LogP) is 5.38. The smallest absolute Gasteiger partial charge is 0.302 e. The Morgan fingerprint density at radius 3 is 1.76 bits per heavy atom. The minimum absolute atomic E-state index is 0.201. The molecule has 0 saturated heterocycles. The van der Waals surface area contributed by atoms with Crippen LogP contribution in [0.2, 0.25) is 0 Å². The number of rotatable bonds is 12. The van der Waals surface area contributed by atoms with Gasteiger partial charge in [0, 0.05) is 20.3 Å². The molecule has 0 amide bonds. The molecule has 0 spiro atoms. The lowest BCUT2D eigenvalue weighted by atomic mass is 9.75. The Kier molecular flexibility index (Phi) is 11.8. The highest BCUT2D eigenvalue weighted by Crippen LogP contribution is 2.34. The lowest BCUT2D eigenvalue weighted by Crippen LogP contribution is -2.30. The Labute approximate surface area is 155 Å². The number of ether oxygens (including phenoxy) is 2. The van der Waals surface area contributed by atoms with Crippen LogP contribution >= 0.6 is 0 Å². The zero-order chi connectivity index (χ0) is 19.6. The van der Waals surface area contributed by atoms with Crippen molar-refractivity contribution in [3.05, 3.63) is 0 Å². The van der Waals surface area contributed by atoms with Crippen LogP contribution in [0.4, 0.5) is 0 Å². The molecule has 0 saturated carbocycles. The standard InChI is InChI=1S/C21H40O4/c1-9-10-21(15(4)11-14(2)3)16(5)12-20(25-19(8)23)13-17(6)24-18(7)22/h14-17,20-21H,9-13H2,1-8H3. The first-order valence-electron chi connectivity index (χ1n) is 9.91. The second kappa shape index (κ2) is 12.3. The van der Waals surface area contributed by atoms with Crippen LogP contribution in [-0.2, 0) is 19.1 Å². The fourth-order valence-corrected chi connectivity index (χ4v) is 4.10. The molecule has 148 valence electrons. The van der Waals surface area contributed by atoms with Gasteiger partial charge in [-0.25, -0.2) is 0 Å². The van der Waals surface area contributed by atoms with Gasteiger partial charge in [-0.1, -0.05) is 47.5 Å². The van der Waals surface area contributed by atoms with Gasteiger partial charge in [0.15, 0.2) is 0 Å². The van der Waals surface area contributed by atoms with E-state index in [1.807, 2.05) is 6.92 Å². The van der Waals surface area contributed by atoms with Crippen LogP contribution in [0.1, 0.15) is 87.5 Å². The predicted molar refractivity (Wildman–Crippen MR) is 102 cm³/mol. The van der Waals surface area contributed by atoms with Crippen molar-refractivity contribution in [1.82, 2.24) is 0 Å². The van der Waals surface area contributed by atoms with Gasteiger partial charge in [0.1, 0.15) is 12.2 Å². The monoisotopic (exact) mass is 356 g/mol. The maximum atomic E-state index is 11.5. The lowest BCUT2D eigenvalue weighted by molar-refractivity contribution is -0.152. The third-order valence-corrected chi connectivity index (χ3v) is 4.86. The summed E-state index contributed by atoms with van der Waals surface area (Å²) in [6.45, 7) is 16.1. The molecule has 0 aromatic carbocycles. The molecule has 0 rings (SSSR count). The van der Waals surface area contributed by atoms with Crippen LogP contribution in [0.5, 0.6) is 0 Å². The molecule has 0 aromatic rings. The van der Waals surface area contributed by atoms with Gasteiger partial charge in [-0.3, -0.25) is 9.59 Å². The summed E-state index contributed by atoms with van der Waals surface area (Å²) in [5.74, 6) is 1.86. The van der Waals surface area contributed by atoms with E-state index in [2.05, 4.69) is 34.6 Å². The topological polar surface area (TPSA) is 52.6 Å². The fourth-order valence-electron chi connectivity index (χ4n) is 4.10. The van der Waals surface area contributed by atoms with E-state index < -0.39 is 0 Å².